The predicted octanol–water partition coefficient (Wildman–Crippen LogP) is 12.6. The van der Waals surface area contributed by atoms with Crippen LogP contribution in [0.4, 0.5) is 17.1 Å². The molecular formula is C45H30N2O. The number of rotatable bonds is 6. The Labute approximate surface area is 279 Å². The molecule has 0 fully saturated rings. The Morgan fingerprint density at radius 1 is 0.417 bits per heavy atom. The summed E-state index contributed by atoms with van der Waals surface area (Å²) in [5.74, 6) is 0.622. The van der Waals surface area contributed by atoms with Crippen molar-refractivity contribution in [2.75, 3.05) is 4.90 Å². The lowest BCUT2D eigenvalue weighted by molar-refractivity contribution is 0.620. The van der Waals surface area contributed by atoms with Crippen molar-refractivity contribution < 1.29 is 4.42 Å². The van der Waals surface area contributed by atoms with Gasteiger partial charge in [0, 0.05) is 28.0 Å². The van der Waals surface area contributed by atoms with E-state index in [2.05, 4.69) is 157 Å². The fourth-order valence-corrected chi connectivity index (χ4v) is 6.77. The summed E-state index contributed by atoms with van der Waals surface area (Å²) in [5.41, 5.74) is 10.6. The standard InChI is InChI=1S/C45H30N2O/c1-5-13-31(14-6-1)32-21-24-37(25-22-32)47(36-19-11-4-12-20-36)38-26-23-35-29-40(33-15-7-2-8-16-33)39-27-28-42-44(43(39)41(35)30-38)46-45(48-42)34-17-9-3-10-18-34/h1-30H. The lowest BCUT2D eigenvalue weighted by Crippen LogP contribution is -2.09. The molecule has 3 nitrogen and oxygen atoms in total. The molecule has 48 heavy (non-hydrogen) atoms. The summed E-state index contributed by atoms with van der Waals surface area (Å²) in [4.78, 5) is 7.47. The lowest BCUT2D eigenvalue weighted by atomic mass is 9.92. The van der Waals surface area contributed by atoms with E-state index in [4.69, 9.17) is 9.40 Å². The number of hydrogen-bond acceptors (Lipinski definition) is 3. The Kier molecular flexibility index (Phi) is 6.80. The second-order valence-electron chi connectivity index (χ2n) is 12.0. The van der Waals surface area contributed by atoms with Crippen molar-refractivity contribution in [1.29, 1.82) is 0 Å². The maximum absolute atomic E-state index is 6.40. The molecule has 0 amide bonds. The Bertz CT molecular complexity index is 2520. The Balaban J connectivity index is 1.29. The number of para-hydroxylation sites is 1. The van der Waals surface area contributed by atoms with Crippen molar-refractivity contribution in [1.82, 2.24) is 4.98 Å². The van der Waals surface area contributed by atoms with Gasteiger partial charge in [0.2, 0.25) is 5.89 Å². The molecule has 226 valence electrons. The molecule has 0 aliphatic rings. The van der Waals surface area contributed by atoms with Gasteiger partial charge >= 0.3 is 0 Å². The van der Waals surface area contributed by atoms with Crippen molar-refractivity contribution in [2.24, 2.45) is 0 Å². The Hall–Kier alpha value is -6.45. The second-order valence-corrected chi connectivity index (χ2v) is 12.0. The first-order valence-corrected chi connectivity index (χ1v) is 16.2. The Morgan fingerprint density at radius 2 is 0.979 bits per heavy atom. The minimum absolute atomic E-state index is 0.622. The van der Waals surface area contributed by atoms with Crippen molar-refractivity contribution >= 4 is 49.7 Å². The third-order valence-corrected chi connectivity index (χ3v) is 9.07. The van der Waals surface area contributed by atoms with Gasteiger partial charge in [-0.2, -0.15) is 0 Å². The van der Waals surface area contributed by atoms with E-state index < -0.39 is 0 Å². The van der Waals surface area contributed by atoms with E-state index in [-0.39, 0.29) is 0 Å². The molecule has 0 N–H and O–H groups in total. The molecule has 0 spiro atoms. The molecule has 0 aliphatic heterocycles. The average Bonchev–Trinajstić information content (AvgIpc) is 3.61. The first kappa shape index (κ1) is 27.8. The summed E-state index contributed by atoms with van der Waals surface area (Å²) >= 11 is 0. The first-order chi connectivity index (χ1) is 23.8. The van der Waals surface area contributed by atoms with Crippen LogP contribution in [0.1, 0.15) is 0 Å². The normalized spacial score (nSPS) is 11.3. The third kappa shape index (κ3) is 4.90. The molecule has 0 unspecified atom stereocenters. The zero-order valence-corrected chi connectivity index (χ0v) is 26.1. The number of anilines is 3. The van der Waals surface area contributed by atoms with Gasteiger partial charge < -0.3 is 9.32 Å². The van der Waals surface area contributed by atoms with Crippen LogP contribution in [0.5, 0.6) is 0 Å². The molecule has 3 heteroatoms. The van der Waals surface area contributed by atoms with Gasteiger partial charge in [-0.05, 0) is 105 Å². The molecular weight excluding hydrogens is 585 g/mol. The highest BCUT2D eigenvalue weighted by molar-refractivity contribution is 6.23. The highest BCUT2D eigenvalue weighted by atomic mass is 16.3. The predicted molar refractivity (Wildman–Crippen MR) is 200 cm³/mol. The topological polar surface area (TPSA) is 29.3 Å². The van der Waals surface area contributed by atoms with Crippen LogP contribution in [0.15, 0.2) is 186 Å². The largest absolute Gasteiger partial charge is 0.436 e. The third-order valence-electron chi connectivity index (χ3n) is 9.07. The fraction of sp³-hybridized carbons (Fsp3) is 0. The number of hydrogen-bond donors (Lipinski definition) is 0. The van der Waals surface area contributed by atoms with Gasteiger partial charge in [0.25, 0.3) is 0 Å². The van der Waals surface area contributed by atoms with Gasteiger partial charge in [-0.15, -0.1) is 0 Å². The molecule has 1 heterocycles. The average molecular weight is 615 g/mol. The van der Waals surface area contributed by atoms with Crippen LogP contribution in [0.25, 0.3) is 66.4 Å². The molecule has 0 saturated carbocycles. The minimum atomic E-state index is 0.622. The molecule has 0 atom stereocenters. The monoisotopic (exact) mass is 614 g/mol. The molecule has 0 bridgehead atoms. The van der Waals surface area contributed by atoms with Crippen LogP contribution >= 0.6 is 0 Å². The summed E-state index contributed by atoms with van der Waals surface area (Å²) < 4.78 is 6.40. The van der Waals surface area contributed by atoms with E-state index in [0.29, 0.717) is 5.89 Å². The zero-order chi connectivity index (χ0) is 31.9. The van der Waals surface area contributed by atoms with Gasteiger partial charge in [0.1, 0.15) is 5.52 Å². The van der Waals surface area contributed by atoms with E-state index in [1.165, 1.54) is 22.3 Å². The Morgan fingerprint density at radius 3 is 1.67 bits per heavy atom. The molecule has 9 rings (SSSR count). The highest BCUT2D eigenvalue weighted by Gasteiger charge is 2.19. The maximum Gasteiger partial charge on any atom is 0.227 e. The van der Waals surface area contributed by atoms with E-state index in [1.54, 1.807) is 0 Å². The summed E-state index contributed by atoms with van der Waals surface area (Å²) in [6.45, 7) is 0. The van der Waals surface area contributed by atoms with Gasteiger partial charge in [-0.25, -0.2) is 4.98 Å². The fourth-order valence-electron chi connectivity index (χ4n) is 6.77. The molecule has 8 aromatic carbocycles. The quantitative estimate of drug-likeness (QED) is 0.175. The summed E-state index contributed by atoms with van der Waals surface area (Å²) in [7, 11) is 0. The van der Waals surface area contributed by atoms with Crippen LogP contribution in [0, 0.1) is 0 Å². The molecule has 0 aliphatic carbocycles. The second kappa shape index (κ2) is 11.7. The SMILES string of the molecule is c1ccc(-c2ccc(N(c3ccccc3)c3ccc4cc(-c5ccccc5)c5ccc6oc(-c7ccccc7)nc6c5c4c3)cc2)cc1. The van der Waals surface area contributed by atoms with E-state index in [1.807, 2.05) is 30.3 Å². The number of oxazole rings is 1. The van der Waals surface area contributed by atoms with Crippen molar-refractivity contribution in [2.45, 2.75) is 0 Å². The molecule has 1 aromatic heterocycles. The molecule has 0 radical (unpaired) electrons. The van der Waals surface area contributed by atoms with Crippen molar-refractivity contribution in [3.63, 3.8) is 0 Å². The summed E-state index contributed by atoms with van der Waals surface area (Å²) in [6, 6.07) is 63.9. The molecule has 9 aromatic rings. The number of fused-ring (bicyclic) bond motifs is 5. The number of aromatic nitrogens is 1. The minimum Gasteiger partial charge on any atom is -0.436 e. The zero-order valence-electron chi connectivity index (χ0n) is 26.1. The van der Waals surface area contributed by atoms with Gasteiger partial charge in [-0.3, -0.25) is 0 Å². The van der Waals surface area contributed by atoms with Gasteiger partial charge in [0.15, 0.2) is 5.58 Å². The van der Waals surface area contributed by atoms with Crippen LogP contribution in [0.3, 0.4) is 0 Å². The van der Waals surface area contributed by atoms with Crippen molar-refractivity contribution in [3.8, 4) is 33.7 Å². The van der Waals surface area contributed by atoms with Gasteiger partial charge in [-0.1, -0.05) is 115 Å². The summed E-state index contributed by atoms with van der Waals surface area (Å²) in [5, 5.41) is 4.51. The number of nitrogens with zero attached hydrogens (tertiary/aromatic N) is 2. The van der Waals surface area contributed by atoms with E-state index in [9.17, 15) is 0 Å². The molecule has 0 saturated heterocycles. The van der Waals surface area contributed by atoms with Crippen LogP contribution in [0.2, 0.25) is 0 Å². The lowest BCUT2D eigenvalue weighted by Gasteiger charge is -2.26. The summed E-state index contributed by atoms with van der Waals surface area (Å²) in [6.07, 6.45) is 0. The van der Waals surface area contributed by atoms with Crippen LogP contribution in [-0.4, -0.2) is 4.98 Å². The smallest absolute Gasteiger partial charge is 0.227 e. The van der Waals surface area contributed by atoms with E-state index >= 15 is 0 Å². The number of benzene rings is 8. The van der Waals surface area contributed by atoms with Gasteiger partial charge in [0.05, 0.1) is 0 Å². The van der Waals surface area contributed by atoms with Crippen LogP contribution < -0.4 is 4.90 Å². The van der Waals surface area contributed by atoms with Crippen molar-refractivity contribution in [3.05, 3.63) is 182 Å². The van der Waals surface area contributed by atoms with E-state index in [0.717, 1.165) is 55.3 Å². The highest BCUT2D eigenvalue weighted by Crippen LogP contribution is 2.43. The maximum atomic E-state index is 6.40. The van der Waals surface area contributed by atoms with Crippen LogP contribution in [-0.2, 0) is 0 Å². The first-order valence-electron chi connectivity index (χ1n) is 16.2.